The van der Waals surface area contributed by atoms with Crippen molar-refractivity contribution in [3.8, 4) is 22.8 Å². The summed E-state index contributed by atoms with van der Waals surface area (Å²) in [7, 11) is 0. The molecule has 3 heterocycles. The van der Waals surface area contributed by atoms with Gasteiger partial charge in [0.05, 0.1) is 5.69 Å². The number of fused-ring (bicyclic) bond motifs is 2. The van der Waals surface area contributed by atoms with E-state index in [4.69, 9.17) is 14.5 Å². The van der Waals surface area contributed by atoms with Gasteiger partial charge in [0, 0.05) is 24.0 Å². The molecule has 112 valence electrons. The smallest absolute Gasteiger partial charge is 0.174 e. The van der Waals surface area contributed by atoms with Crippen molar-refractivity contribution in [3.63, 3.8) is 0 Å². The number of hydrogen-bond acceptors (Lipinski definition) is 5. The lowest BCUT2D eigenvalue weighted by atomic mass is 10.1. The number of rotatable bonds is 3. The van der Waals surface area contributed by atoms with Crippen LogP contribution in [-0.4, -0.2) is 33.3 Å². The van der Waals surface area contributed by atoms with Gasteiger partial charge in [-0.3, -0.25) is 4.40 Å². The summed E-state index contributed by atoms with van der Waals surface area (Å²) in [5, 5.41) is 0.947. The van der Waals surface area contributed by atoms with Gasteiger partial charge in [0.1, 0.15) is 18.9 Å². The molecule has 1 aliphatic rings. The quantitative estimate of drug-likeness (QED) is 0.548. The molecule has 1 aromatic carbocycles. The highest BCUT2D eigenvalue weighted by molar-refractivity contribution is 7.99. The lowest BCUT2D eigenvalue weighted by molar-refractivity contribution is 0.171. The minimum absolute atomic E-state index is 0.583. The Morgan fingerprint density at radius 3 is 2.91 bits per heavy atom. The third-order valence-corrected chi connectivity index (χ3v) is 4.30. The molecule has 1 aliphatic heterocycles. The van der Waals surface area contributed by atoms with Gasteiger partial charge in [0.25, 0.3) is 0 Å². The minimum Gasteiger partial charge on any atom is -0.486 e. The molecule has 0 spiro atoms. The molecule has 0 amide bonds. The summed E-state index contributed by atoms with van der Waals surface area (Å²) >= 11 is 1.70. The Bertz CT molecular complexity index is 831. The summed E-state index contributed by atoms with van der Waals surface area (Å²) in [6.45, 7) is 3.30. The second-order valence-corrected chi connectivity index (χ2v) is 6.10. The third-order valence-electron chi connectivity index (χ3n) is 3.47. The first kappa shape index (κ1) is 13.5. The lowest BCUT2D eigenvalue weighted by Gasteiger charge is -2.18. The number of nitrogens with zero attached hydrogens (tertiary/aromatic N) is 3. The van der Waals surface area contributed by atoms with Crippen LogP contribution in [0.15, 0.2) is 41.8 Å². The van der Waals surface area contributed by atoms with Crippen molar-refractivity contribution in [3.05, 3.63) is 36.7 Å². The molecule has 0 saturated heterocycles. The van der Waals surface area contributed by atoms with Crippen molar-refractivity contribution in [2.75, 3.05) is 19.0 Å². The molecule has 0 radical (unpaired) electrons. The number of thioether (sulfide) groups is 1. The fraction of sp³-hybridized carbons (Fsp3) is 0.250. The van der Waals surface area contributed by atoms with E-state index < -0.39 is 0 Å². The molecule has 0 unspecified atom stereocenters. The average molecular weight is 313 g/mol. The largest absolute Gasteiger partial charge is 0.486 e. The van der Waals surface area contributed by atoms with E-state index in [1.807, 2.05) is 34.9 Å². The summed E-state index contributed by atoms with van der Waals surface area (Å²) in [5.74, 6) is 2.53. The van der Waals surface area contributed by atoms with Crippen molar-refractivity contribution < 1.29 is 9.47 Å². The van der Waals surface area contributed by atoms with Crippen LogP contribution in [0.2, 0.25) is 0 Å². The molecule has 0 aliphatic carbocycles. The molecule has 22 heavy (non-hydrogen) atoms. The van der Waals surface area contributed by atoms with Crippen LogP contribution in [0, 0.1) is 0 Å². The summed E-state index contributed by atoms with van der Waals surface area (Å²) in [6.07, 6.45) is 3.73. The Kier molecular flexibility index (Phi) is 3.38. The highest BCUT2D eigenvalue weighted by atomic mass is 32.2. The van der Waals surface area contributed by atoms with Crippen LogP contribution in [-0.2, 0) is 0 Å². The summed E-state index contributed by atoms with van der Waals surface area (Å²) < 4.78 is 13.2. The highest BCUT2D eigenvalue weighted by Crippen LogP contribution is 2.34. The Morgan fingerprint density at radius 2 is 2.05 bits per heavy atom. The first-order valence-corrected chi connectivity index (χ1v) is 8.20. The van der Waals surface area contributed by atoms with Crippen molar-refractivity contribution in [1.82, 2.24) is 14.4 Å². The van der Waals surface area contributed by atoms with E-state index in [-0.39, 0.29) is 0 Å². The predicted octanol–water partition coefficient (Wildman–Crippen LogP) is 3.28. The van der Waals surface area contributed by atoms with E-state index in [1.165, 1.54) is 0 Å². The van der Waals surface area contributed by atoms with Gasteiger partial charge in [-0.05, 0) is 24.0 Å². The molecule has 0 saturated carbocycles. The Morgan fingerprint density at radius 1 is 1.18 bits per heavy atom. The molecule has 0 atom stereocenters. The predicted molar refractivity (Wildman–Crippen MR) is 85.8 cm³/mol. The molecule has 2 aromatic heterocycles. The van der Waals surface area contributed by atoms with Gasteiger partial charge in [-0.15, -0.1) is 0 Å². The van der Waals surface area contributed by atoms with E-state index in [1.54, 1.807) is 18.0 Å². The highest BCUT2D eigenvalue weighted by Gasteiger charge is 2.14. The Hall–Kier alpha value is -2.21. The van der Waals surface area contributed by atoms with Crippen LogP contribution in [0.3, 0.4) is 0 Å². The normalized spacial score (nSPS) is 13.5. The molecule has 0 bridgehead atoms. The van der Waals surface area contributed by atoms with E-state index in [2.05, 4.69) is 11.9 Å². The summed E-state index contributed by atoms with van der Waals surface area (Å²) in [6, 6.07) is 7.92. The first-order valence-electron chi connectivity index (χ1n) is 7.22. The maximum Gasteiger partial charge on any atom is 0.174 e. The van der Waals surface area contributed by atoms with Crippen molar-refractivity contribution in [2.24, 2.45) is 0 Å². The molecule has 0 N–H and O–H groups in total. The number of benzene rings is 1. The fourth-order valence-electron chi connectivity index (χ4n) is 2.48. The molecular weight excluding hydrogens is 298 g/mol. The van der Waals surface area contributed by atoms with Crippen molar-refractivity contribution in [2.45, 2.75) is 12.1 Å². The van der Waals surface area contributed by atoms with Gasteiger partial charge in [-0.1, -0.05) is 18.7 Å². The third kappa shape index (κ3) is 2.29. The standard InChI is InChI=1S/C16H15N3O2S/c1-2-22-16-18-12(10-15-17-5-6-19(15)16)11-3-4-13-14(9-11)21-8-7-20-13/h3-6,9-10H,2,7-8H2,1H3. The minimum atomic E-state index is 0.583. The SMILES string of the molecule is CCSc1nc(-c2ccc3c(c2)OCCO3)cc2nccn12. The summed E-state index contributed by atoms with van der Waals surface area (Å²) in [5.41, 5.74) is 2.80. The van der Waals surface area contributed by atoms with Gasteiger partial charge in [-0.2, -0.15) is 0 Å². The number of ether oxygens (including phenoxy) is 2. The molecule has 6 heteroatoms. The summed E-state index contributed by atoms with van der Waals surface area (Å²) in [4.78, 5) is 9.16. The van der Waals surface area contributed by atoms with Gasteiger partial charge >= 0.3 is 0 Å². The molecular formula is C16H15N3O2S. The average Bonchev–Trinajstić information content (AvgIpc) is 3.03. The zero-order valence-electron chi connectivity index (χ0n) is 12.2. The van der Waals surface area contributed by atoms with Gasteiger partial charge in [0.15, 0.2) is 16.7 Å². The fourth-order valence-corrected chi connectivity index (χ4v) is 3.19. The maximum atomic E-state index is 5.66. The second-order valence-electron chi connectivity index (χ2n) is 4.87. The molecule has 0 fully saturated rings. The number of imidazole rings is 1. The lowest BCUT2D eigenvalue weighted by Crippen LogP contribution is -2.15. The van der Waals surface area contributed by atoms with Gasteiger partial charge in [0.2, 0.25) is 0 Å². The second kappa shape index (κ2) is 5.53. The van der Waals surface area contributed by atoms with Crippen LogP contribution in [0.25, 0.3) is 16.9 Å². The molecule has 5 nitrogen and oxygen atoms in total. The number of hydrogen-bond donors (Lipinski definition) is 0. The Balaban J connectivity index is 1.83. The maximum absolute atomic E-state index is 5.66. The monoisotopic (exact) mass is 313 g/mol. The van der Waals surface area contributed by atoms with Gasteiger partial charge < -0.3 is 9.47 Å². The van der Waals surface area contributed by atoms with Crippen molar-refractivity contribution >= 4 is 17.4 Å². The molecule has 4 rings (SSSR count). The van der Waals surface area contributed by atoms with Crippen LogP contribution in [0.5, 0.6) is 11.5 Å². The zero-order valence-corrected chi connectivity index (χ0v) is 13.0. The van der Waals surface area contributed by atoms with Crippen LogP contribution >= 0.6 is 11.8 Å². The van der Waals surface area contributed by atoms with E-state index >= 15 is 0 Å². The topological polar surface area (TPSA) is 48.7 Å². The van der Waals surface area contributed by atoms with Crippen LogP contribution in [0.1, 0.15) is 6.92 Å². The first-order chi connectivity index (χ1) is 10.8. The van der Waals surface area contributed by atoms with E-state index in [0.717, 1.165) is 39.3 Å². The van der Waals surface area contributed by atoms with E-state index in [0.29, 0.717) is 13.2 Å². The van der Waals surface area contributed by atoms with Crippen LogP contribution < -0.4 is 9.47 Å². The zero-order chi connectivity index (χ0) is 14.9. The van der Waals surface area contributed by atoms with E-state index in [9.17, 15) is 0 Å². The number of aromatic nitrogens is 3. The molecule has 3 aromatic rings. The van der Waals surface area contributed by atoms with Crippen molar-refractivity contribution in [1.29, 1.82) is 0 Å². The van der Waals surface area contributed by atoms with Crippen LogP contribution in [0.4, 0.5) is 0 Å². The van der Waals surface area contributed by atoms with Gasteiger partial charge in [-0.25, -0.2) is 9.97 Å². The Labute approximate surface area is 132 Å².